The van der Waals surface area contributed by atoms with Crippen LogP contribution in [0.25, 0.3) is 0 Å². The number of thiol groups is 1. The van der Waals surface area contributed by atoms with Crippen LogP contribution in [0, 0.1) is 5.92 Å². The van der Waals surface area contributed by atoms with E-state index >= 15 is 0 Å². The third-order valence-electron chi connectivity index (χ3n) is 1.78. The van der Waals surface area contributed by atoms with E-state index in [-0.39, 0.29) is 11.7 Å². The lowest BCUT2D eigenvalue weighted by Crippen LogP contribution is -2.12. The summed E-state index contributed by atoms with van der Waals surface area (Å²) in [6.07, 6.45) is 0. The summed E-state index contributed by atoms with van der Waals surface area (Å²) >= 11 is 4.08. The fourth-order valence-electron chi connectivity index (χ4n) is 0.970. The van der Waals surface area contributed by atoms with Crippen LogP contribution in [0.3, 0.4) is 0 Å². The maximum absolute atomic E-state index is 11.5. The first kappa shape index (κ1) is 9.33. The number of ketones is 1. The van der Waals surface area contributed by atoms with Crippen LogP contribution in [-0.2, 0) is 0 Å². The molecule has 1 nitrogen and oxygen atoms in total. The van der Waals surface area contributed by atoms with Crippen molar-refractivity contribution in [2.75, 3.05) is 5.75 Å². The summed E-state index contributed by atoms with van der Waals surface area (Å²) in [5, 5.41) is 0. The van der Waals surface area contributed by atoms with Gasteiger partial charge in [-0.2, -0.15) is 12.6 Å². The average molecular weight is 180 g/mol. The summed E-state index contributed by atoms with van der Waals surface area (Å²) < 4.78 is 0. The molecule has 0 fully saturated rings. The van der Waals surface area contributed by atoms with Crippen molar-refractivity contribution >= 4 is 18.4 Å². The van der Waals surface area contributed by atoms with Gasteiger partial charge in [-0.25, -0.2) is 0 Å². The molecule has 1 unspecified atom stereocenters. The summed E-state index contributed by atoms with van der Waals surface area (Å²) in [6.45, 7) is 1.89. The third kappa shape index (κ3) is 2.11. The van der Waals surface area contributed by atoms with E-state index in [2.05, 4.69) is 12.6 Å². The van der Waals surface area contributed by atoms with Crippen molar-refractivity contribution in [3.63, 3.8) is 0 Å². The molecule has 1 aromatic carbocycles. The molecule has 0 aromatic heterocycles. The largest absolute Gasteiger partial charge is 0.294 e. The topological polar surface area (TPSA) is 17.1 Å². The lowest BCUT2D eigenvalue weighted by Gasteiger charge is -2.05. The minimum absolute atomic E-state index is 0.00994. The predicted molar refractivity (Wildman–Crippen MR) is 53.8 cm³/mol. The highest BCUT2D eigenvalue weighted by Gasteiger charge is 2.12. The van der Waals surface area contributed by atoms with Gasteiger partial charge in [0.1, 0.15) is 0 Å². The van der Waals surface area contributed by atoms with Crippen LogP contribution in [-0.4, -0.2) is 11.5 Å². The van der Waals surface area contributed by atoms with Crippen molar-refractivity contribution < 1.29 is 4.79 Å². The lowest BCUT2D eigenvalue weighted by atomic mass is 10.0. The van der Waals surface area contributed by atoms with Gasteiger partial charge in [0.05, 0.1) is 0 Å². The van der Waals surface area contributed by atoms with Crippen LogP contribution < -0.4 is 0 Å². The molecule has 0 amide bonds. The Balaban J connectivity index is 2.79. The van der Waals surface area contributed by atoms with E-state index in [1.165, 1.54) is 0 Å². The molecule has 0 aliphatic rings. The molecule has 1 atom stereocenters. The van der Waals surface area contributed by atoms with Crippen LogP contribution >= 0.6 is 12.6 Å². The van der Waals surface area contributed by atoms with Crippen LogP contribution in [0.4, 0.5) is 0 Å². The Morgan fingerprint density at radius 2 is 2.00 bits per heavy atom. The van der Waals surface area contributed by atoms with Crippen molar-refractivity contribution in [1.29, 1.82) is 0 Å². The molecule has 0 saturated carbocycles. The predicted octanol–water partition coefficient (Wildman–Crippen LogP) is 2.44. The first-order valence-electron chi connectivity index (χ1n) is 3.96. The SMILES string of the molecule is CC(CS)C(=O)c1ccccc1. The zero-order valence-electron chi connectivity index (χ0n) is 7.03. The van der Waals surface area contributed by atoms with E-state index in [1.807, 2.05) is 37.3 Å². The van der Waals surface area contributed by atoms with Gasteiger partial charge in [-0.05, 0) is 0 Å². The molecular weight excluding hydrogens is 168 g/mol. The first-order chi connectivity index (χ1) is 5.75. The van der Waals surface area contributed by atoms with Gasteiger partial charge in [0.25, 0.3) is 0 Å². The number of hydrogen-bond acceptors (Lipinski definition) is 2. The fraction of sp³-hybridized carbons (Fsp3) is 0.300. The molecule has 0 spiro atoms. The van der Waals surface area contributed by atoms with Crippen molar-refractivity contribution in [2.45, 2.75) is 6.92 Å². The Morgan fingerprint density at radius 3 is 2.50 bits per heavy atom. The summed E-state index contributed by atoms with van der Waals surface area (Å²) in [7, 11) is 0. The number of carbonyl (C=O) groups is 1. The Bertz CT molecular complexity index is 256. The maximum atomic E-state index is 11.5. The Hall–Kier alpha value is -0.760. The van der Waals surface area contributed by atoms with Gasteiger partial charge in [-0.3, -0.25) is 4.79 Å². The van der Waals surface area contributed by atoms with Crippen LogP contribution in [0.15, 0.2) is 30.3 Å². The molecule has 0 bridgehead atoms. The molecule has 64 valence electrons. The highest BCUT2D eigenvalue weighted by Crippen LogP contribution is 2.09. The molecule has 0 heterocycles. The lowest BCUT2D eigenvalue weighted by molar-refractivity contribution is 0.0942. The highest BCUT2D eigenvalue weighted by molar-refractivity contribution is 7.80. The van der Waals surface area contributed by atoms with Gasteiger partial charge >= 0.3 is 0 Å². The van der Waals surface area contributed by atoms with E-state index in [0.717, 1.165) is 5.56 Å². The first-order valence-corrected chi connectivity index (χ1v) is 4.59. The quantitative estimate of drug-likeness (QED) is 0.558. The summed E-state index contributed by atoms with van der Waals surface area (Å²) in [5.74, 6) is 0.787. The van der Waals surface area contributed by atoms with Gasteiger partial charge in [0.2, 0.25) is 0 Å². The minimum atomic E-state index is 0.00994. The van der Waals surface area contributed by atoms with Crippen LogP contribution in [0.5, 0.6) is 0 Å². The second-order valence-electron chi connectivity index (χ2n) is 2.81. The molecular formula is C10H12OS. The van der Waals surface area contributed by atoms with Gasteiger partial charge in [0, 0.05) is 17.2 Å². The smallest absolute Gasteiger partial charge is 0.166 e. The fourth-order valence-corrected chi connectivity index (χ4v) is 1.14. The molecule has 0 N–H and O–H groups in total. The number of carbonyl (C=O) groups excluding carboxylic acids is 1. The van der Waals surface area contributed by atoms with Gasteiger partial charge < -0.3 is 0 Å². The maximum Gasteiger partial charge on any atom is 0.166 e. The Morgan fingerprint density at radius 1 is 1.42 bits per heavy atom. The summed E-state index contributed by atoms with van der Waals surface area (Å²) in [6, 6.07) is 9.32. The van der Waals surface area contributed by atoms with E-state index in [9.17, 15) is 4.79 Å². The Labute approximate surface area is 78.2 Å². The van der Waals surface area contributed by atoms with E-state index in [0.29, 0.717) is 5.75 Å². The monoisotopic (exact) mass is 180 g/mol. The third-order valence-corrected chi connectivity index (χ3v) is 2.33. The standard InChI is InChI=1S/C10H12OS/c1-8(7-12)10(11)9-5-3-2-4-6-9/h2-6,8,12H,7H2,1H3. The van der Waals surface area contributed by atoms with Crippen LogP contribution in [0.2, 0.25) is 0 Å². The second-order valence-corrected chi connectivity index (χ2v) is 3.18. The molecule has 1 rings (SSSR count). The van der Waals surface area contributed by atoms with Crippen molar-refractivity contribution in [3.05, 3.63) is 35.9 Å². The molecule has 0 aliphatic heterocycles. The van der Waals surface area contributed by atoms with E-state index in [1.54, 1.807) is 0 Å². The van der Waals surface area contributed by atoms with Crippen molar-refractivity contribution in [1.82, 2.24) is 0 Å². The second kappa shape index (κ2) is 4.31. The molecule has 0 aliphatic carbocycles. The van der Waals surface area contributed by atoms with Crippen molar-refractivity contribution in [3.8, 4) is 0 Å². The Kier molecular flexibility index (Phi) is 3.35. The van der Waals surface area contributed by atoms with Gasteiger partial charge in [-0.15, -0.1) is 0 Å². The number of benzene rings is 1. The molecule has 0 saturated heterocycles. The summed E-state index contributed by atoms with van der Waals surface area (Å²) in [5.41, 5.74) is 0.777. The average Bonchev–Trinajstić information content (AvgIpc) is 2.17. The minimum Gasteiger partial charge on any atom is -0.294 e. The molecule has 1 aromatic rings. The van der Waals surface area contributed by atoms with Gasteiger partial charge in [0.15, 0.2) is 5.78 Å². The van der Waals surface area contributed by atoms with E-state index < -0.39 is 0 Å². The number of Topliss-reactive ketones (excluding diaryl/α,β-unsaturated/α-hetero) is 1. The zero-order chi connectivity index (χ0) is 8.97. The highest BCUT2D eigenvalue weighted by atomic mass is 32.1. The van der Waals surface area contributed by atoms with Gasteiger partial charge in [-0.1, -0.05) is 37.3 Å². The molecule has 2 heteroatoms. The molecule has 12 heavy (non-hydrogen) atoms. The molecule has 0 radical (unpaired) electrons. The van der Waals surface area contributed by atoms with Crippen LogP contribution in [0.1, 0.15) is 17.3 Å². The number of rotatable bonds is 3. The normalized spacial score (nSPS) is 12.5. The van der Waals surface area contributed by atoms with E-state index in [4.69, 9.17) is 0 Å². The summed E-state index contributed by atoms with van der Waals surface area (Å²) in [4.78, 5) is 11.5. The van der Waals surface area contributed by atoms with Crippen molar-refractivity contribution in [2.24, 2.45) is 5.92 Å². The zero-order valence-corrected chi connectivity index (χ0v) is 7.92. The number of hydrogen-bond donors (Lipinski definition) is 1.